The second-order valence-electron chi connectivity index (χ2n) is 5.40. The van der Waals surface area contributed by atoms with Crippen LogP contribution in [0.5, 0.6) is 0 Å². The van der Waals surface area contributed by atoms with Gasteiger partial charge in [-0.1, -0.05) is 6.07 Å². The monoisotopic (exact) mass is 318 g/mol. The van der Waals surface area contributed by atoms with Crippen molar-refractivity contribution in [2.75, 3.05) is 20.1 Å². The first-order valence-electron chi connectivity index (χ1n) is 6.21. The van der Waals surface area contributed by atoms with E-state index in [1.807, 2.05) is 20.8 Å². The van der Waals surface area contributed by atoms with Crippen LogP contribution in [0.4, 0.5) is 0 Å². The smallest absolute Gasteiger partial charge is 0.252 e. The highest BCUT2D eigenvalue weighted by Crippen LogP contribution is 2.19. The van der Waals surface area contributed by atoms with Gasteiger partial charge in [0.25, 0.3) is 10.0 Å². The van der Waals surface area contributed by atoms with Crippen LogP contribution in [0.3, 0.4) is 0 Å². The Hall–Kier alpha value is -1.12. The second-order valence-corrected chi connectivity index (χ2v) is 8.62. The first-order chi connectivity index (χ1) is 9.13. The molecule has 0 saturated carbocycles. The van der Waals surface area contributed by atoms with Crippen molar-refractivity contribution in [1.29, 1.82) is 0 Å². The fourth-order valence-corrected chi connectivity index (χ4v) is 3.78. The Morgan fingerprint density at radius 3 is 2.65 bits per heavy atom. The molecule has 0 radical (unpaired) electrons. The SMILES string of the molecule is CN(CCN=C(N)NC(C)(C)C)S(=O)(=O)c1cccs1. The van der Waals surface area contributed by atoms with Crippen molar-refractivity contribution in [2.24, 2.45) is 10.7 Å². The number of guanidine groups is 1. The van der Waals surface area contributed by atoms with Gasteiger partial charge in [0.1, 0.15) is 4.21 Å². The summed E-state index contributed by atoms with van der Waals surface area (Å²) in [6.45, 7) is 6.52. The molecule has 0 aromatic carbocycles. The Balaban J connectivity index is 2.56. The number of hydrogen-bond donors (Lipinski definition) is 2. The van der Waals surface area contributed by atoms with E-state index in [1.165, 1.54) is 22.7 Å². The lowest BCUT2D eigenvalue weighted by molar-refractivity contribution is 0.476. The minimum Gasteiger partial charge on any atom is -0.370 e. The van der Waals surface area contributed by atoms with Gasteiger partial charge in [-0.25, -0.2) is 8.42 Å². The third-order valence-electron chi connectivity index (χ3n) is 2.36. The first-order valence-corrected chi connectivity index (χ1v) is 8.53. The van der Waals surface area contributed by atoms with Crippen LogP contribution in [0, 0.1) is 0 Å². The highest BCUT2D eigenvalue weighted by molar-refractivity contribution is 7.91. The van der Waals surface area contributed by atoms with Gasteiger partial charge in [-0.05, 0) is 32.2 Å². The Morgan fingerprint density at radius 2 is 2.15 bits per heavy atom. The van der Waals surface area contributed by atoms with E-state index in [1.54, 1.807) is 17.5 Å². The molecular formula is C12H22N4O2S2. The molecule has 0 amide bonds. The van der Waals surface area contributed by atoms with Gasteiger partial charge < -0.3 is 11.1 Å². The zero-order valence-corrected chi connectivity index (χ0v) is 13.9. The maximum Gasteiger partial charge on any atom is 0.252 e. The summed E-state index contributed by atoms with van der Waals surface area (Å²) < 4.78 is 25.9. The zero-order valence-electron chi connectivity index (χ0n) is 12.3. The summed E-state index contributed by atoms with van der Waals surface area (Å²) in [5.74, 6) is 0.319. The molecule has 3 N–H and O–H groups in total. The van der Waals surface area contributed by atoms with Crippen LogP contribution < -0.4 is 11.1 Å². The molecule has 0 aliphatic heterocycles. The number of likely N-dealkylation sites (N-methyl/N-ethyl adjacent to an activating group) is 1. The largest absolute Gasteiger partial charge is 0.370 e. The molecule has 6 nitrogen and oxygen atoms in total. The molecule has 0 spiro atoms. The fraction of sp³-hybridized carbons (Fsp3) is 0.583. The minimum absolute atomic E-state index is 0.164. The highest BCUT2D eigenvalue weighted by atomic mass is 32.2. The molecule has 8 heteroatoms. The molecule has 114 valence electrons. The normalized spacial score (nSPS) is 13.8. The van der Waals surface area contributed by atoms with Gasteiger partial charge >= 0.3 is 0 Å². The first kappa shape index (κ1) is 16.9. The highest BCUT2D eigenvalue weighted by Gasteiger charge is 2.21. The second kappa shape index (κ2) is 6.55. The number of nitrogens with one attached hydrogen (secondary N) is 1. The third-order valence-corrected chi connectivity index (χ3v) is 5.59. The van der Waals surface area contributed by atoms with Gasteiger partial charge in [0.05, 0.1) is 6.54 Å². The van der Waals surface area contributed by atoms with Gasteiger partial charge in [-0.15, -0.1) is 11.3 Å². The molecular weight excluding hydrogens is 296 g/mol. The van der Waals surface area contributed by atoms with E-state index in [4.69, 9.17) is 5.73 Å². The standard InChI is InChI=1S/C12H22N4O2S2/c1-12(2,3)15-11(13)14-7-8-16(4)20(17,18)10-6-5-9-19-10/h5-6,9H,7-8H2,1-4H3,(H3,13,14,15). The molecule has 0 unspecified atom stereocenters. The van der Waals surface area contributed by atoms with Crippen molar-refractivity contribution in [1.82, 2.24) is 9.62 Å². The molecule has 0 atom stereocenters. The fourth-order valence-electron chi connectivity index (χ4n) is 1.42. The summed E-state index contributed by atoms with van der Waals surface area (Å²) in [4.78, 5) is 4.12. The summed E-state index contributed by atoms with van der Waals surface area (Å²) >= 11 is 1.20. The molecule has 0 fully saturated rings. The predicted molar refractivity (Wildman–Crippen MR) is 83.5 cm³/mol. The van der Waals surface area contributed by atoms with Crippen molar-refractivity contribution in [3.05, 3.63) is 17.5 Å². The predicted octanol–water partition coefficient (Wildman–Crippen LogP) is 1.07. The van der Waals surface area contributed by atoms with Crippen molar-refractivity contribution in [3.8, 4) is 0 Å². The van der Waals surface area contributed by atoms with Crippen LogP contribution in [0.15, 0.2) is 26.7 Å². The average molecular weight is 318 g/mol. The number of sulfonamides is 1. The number of nitrogens with zero attached hydrogens (tertiary/aromatic N) is 2. The molecule has 0 saturated heterocycles. The minimum atomic E-state index is -3.41. The van der Waals surface area contributed by atoms with Crippen LogP contribution in [0.1, 0.15) is 20.8 Å². The van der Waals surface area contributed by atoms with E-state index in [0.29, 0.717) is 16.7 Å². The van der Waals surface area contributed by atoms with Gasteiger partial charge in [0, 0.05) is 19.1 Å². The molecule has 1 heterocycles. The molecule has 0 aliphatic rings. The third kappa shape index (κ3) is 5.10. The lowest BCUT2D eigenvalue weighted by atomic mass is 10.1. The van der Waals surface area contributed by atoms with E-state index in [9.17, 15) is 8.42 Å². The van der Waals surface area contributed by atoms with Crippen LogP contribution in [0.2, 0.25) is 0 Å². The Labute approximate surface area is 124 Å². The lowest BCUT2D eigenvalue weighted by Crippen LogP contribution is -2.45. The van der Waals surface area contributed by atoms with Crippen LogP contribution in [0.25, 0.3) is 0 Å². The van der Waals surface area contributed by atoms with E-state index in [0.717, 1.165) is 0 Å². The maximum atomic E-state index is 12.1. The average Bonchev–Trinajstić information content (AvgIpc) is 2.79. The van der Waals surface area contributed by atoms with Gasteiger partial charge in [-0.3, -0.25) is 4.99 Å². The van der Waals surface area contributed by atoms with Crippen LogP contribution in [-0.4, -0.2) is 44.4 Å². The van der Waals surface area contributed by atoms with E-state index in [2.05, 4.69) is 10.3 Å². The molecule has 1 aromatic heterocycles. The number of aliphatic imine (C=N–C) groups is 1. The number of nitrogens with two attached hydrogens (primary N) is 1. The Kier molecular flexibility index (Phi) is 5.55. The van der Waals surface area contributed by atoms with Crippen molar-refractivity contribution >= 4 is 27.3 Å². The summed E-state index contributed by atoms with van der Waals surface area (Å²) in [6.07, 6.45) is 0. The number of thiophene rings is 1. The van der Waals surface area contributed by atoms with E-state index < -0.39 is 10.0 Å². The molecule has 0 bridgehead atoms. The topological polar surface area (TPSA) is 87.8 Å². The summed E-state index contributed by atoms with van der Waals surface area (Å²) in [6, 6.07) is 3.31. The van der Waals surface area contributed by atoms with Gasteiger partial charge in [0.2, 0.25) is 0 Å². The van der Waals surface area contributed by atoms with Crippen molar-refractivity contribution < 1.29 is 8.42 Å². The quantitative estimate of drug-likeness (QED) is 0.628. The van der Waals surface area contributed by atoms with Crippen LogP contribution >= 0.6 is 11.3 Å². The lowest BCUT2D eigenvalue weighted by Gasteiger charge is -2.21. The molecule has 1 rings (SSSR count). The van der Waals surface area contributed by atoms with E-state index in [-0.39, 0.29) is 12.1 Å². The summed E-state index contributed by atoms with van der Waals surface area (Å²) in [7, 11) is -1.87. The van der Waals surface area contributed by atoms with Crippen molar-refractivity contribution in [3.63, 3.8) is 0 Å². The Bertz CT molecular complexity index is 545. The van der Waals surface area contributed by atoms with Crippen LogP contribution in [-0.2, 0) is 10.0 Å². The molecule has 0 aliphatic carbocycles. The van der Waals surface area contributed by atoms with Crippen molar-refractivity contribution in [2.45, 2.75) is 30.5 Å². The number of rotatable bonds is 5. The number of hydrogen-bond acceptors (Lipinski definition) is 4. The Morgan fingerprint density at radius 1 is 1.50 bits per heavy atom. The van der Waals surface area contributed by atoms with Gasteiger partial charge in [0.15, 0.2) is 5.96 Å². The zero-order chi connectivity index (χ0) is 15.4. The summed E-state index contributed by atoms with van der Waals surface area (Å²) in [5.41, 5.74) is 5.56. The van der Waals surface area contributed by atoms with E-state index >= 15 is 0 Å². The van der Waals surface area contributed by atoms with Gasteiger partial charge in [-0.2, -0.15) is 4.31 Å². The maximum absolute atomic E-state index is 12.1. The summed E-state index contributed by atoms with van der Waals surface area (Å²) in [5, 5.41) is 4.76. The molecule has 20 heavy (non-hydrogen) atoms. The molecule has 1 aromatic rings.